The highest BCUT2D eigenvalue weighted by Gasteiger charge is 2.29. The minimum atomic E-state index is 0.271. The normalized spacial score (nSPS) is 19.4. The second-order valence-corrected chi connectivity index (χ2v) is 7.53. The van der Waals surface area contributed by atoms with Crippen molar-refractivity contribution in [2.75, 3.05) is 6.54 Å². The molecule has 0 atom stereocenters. The zero-order chi connectivity index (χ0) is 15.1. The zero-order valence-corrected chi connectivity index (χ0v) is 14.3. The molecule has 2 aromatic rings. The number of benzene rings is 1. The summed E-state index contributed by atoms with van der Waals surface area (Å²) < 4.78 is 1.09. The fourth-order valence-electron chi connectivity index (χ4n) is 3.98. The molecule has 4 heteroatoms. The quantitative estimate of drug-likeness (QED) is 0.803. The Bertz CT molecular complexity index is 715. The molecule has 1 N–H and O–H groups in total. The lowest BCUT2D eigenvalue weighted by atomic mass is 9.87. The number of carbonyl (C=O) groups is 1. The highest BCUT2D eigenvalue weighted by molar-refractivity contribution is 9.10. The van der Waals surface area contributed by atoms with E-state index in [0.29, 0.717) is 5.91 Å². The molecule has 1 aliphatic heterocycles. The van der Waals surface area contributed by atoms with Crippen LogP contribution in [0.2, 0.25) is 0 Å². The standard InChI is InChI=1S/C18H21BrN2O/c19-13-6-7-16-14(10-13)15-11-21(9-8-17(15)20-16)18(22)12-4-2-1-3-5-12/h6-7,10,12,20H,1-5,8-9,11H2. The van der Waals surface area contributed by atoms with Crippen LogP contribution in [0, 0.1) is 5.92 Å². The number of amides is 1. The Labute approximate surface area is 139 Å². The summed E-state index contributed by atoms with van der Waals surface area (Å²) in [6.45, 7) is 1.62. The van der Waals surface area contributed by atoms with Crippen LogP contribution in [0.25, 0.3) is 10.9 Å². The van der Waals surface area contributed by atoms with Crippen LogP contribution in [0.1, 0.15) is 43.4 Å². The highest BCUT2D eigenvalue weighted by atomic mass is 79.9. The summed E-state index contributed by atoms with van der Waals surface area (Å²) in [5, 5.41) is 1.26. The van der Waals surface area contributed by atoms with Crippen molar-refractivity contribution in [1.82, 2.24) is 9.88 Å². The SMILES string of the molecule is O=C(C1CCCCC1)N1CCc2[nH]c3ccc(Br)cc3c2C1. The lowest BCUT2D eigenvalue weighted by molar-refractivity contribution is -0.137. The van der Waals surface area contributed by atoms with Crippen LogP contribution in [0.4, 0.5) is 0 Å². The van der Waals surface area contributed by atoms with Gasteiger partial charge in [0.05, 0.1) is 0 Å². The summed E-state index contributed by atoms with van der Waals surface area (Å²) in [6, 6.07) is 6.35. The predicted octanol–water partition coefficient (Wildman–Crippen LogP) is 4.40. The second-order valence-electron chi connectivity index (χ2n) is 6.62. The maximum atomic E-state index is 12.8. The molecule has 1 amide bonds. The smallest absolute Gasteiger partial charge is 0.225 e. The third kappa shape index (κ3) is 2.47. The fourth-order valence-corrected chi connectivity index (χ4v) is 4.34. The Hall–Kier alpha value is -1.29. The van der Waals surface area contributed by atoms with Crippen molar-refractivity contribution in [3.05, 3.63) is 33.9 Å². The number of halogens is 1. The van der Waals surface area contributed by atoms with Crippen LogP contribution in [-0.4, -0.2) is 22.3 Å². The molecule has 4 rings (SSSR count). The Morgan fingerprint density at radius 3 is 2.86 bits per heavy atom. The van der Waals surface area contributed by atoms with Gasteiger partial charge in [-0.05, 0) is 31.0 Å². The monoisotopic (exact) mass is 360 g/mol. The van der Waals surface area contributed by atoms with Crippen molar-refractivity contribution in [1.29, 1.82) is 0 Å². The topological polar surface area (TPSA) is 36.1 Å². The maximum Gasteiger partial charge on any atom is 0.225 e. The number of hydrogen-bond acceptors (Lipinski definition) is 1. The Kier molecular flexibility index (Phi) is 3.73. The van der Waals surface area contributed by atoms with Gasteiger partial charge in [-0.1, -0.05) is 35.2 Å². The third-order valence-electron chi connectivity index (χ3n) is 5.20. The molecule has 1 aromatic carbocycles. The van der Waals surface area contributed by atoms with E-state index in [1.807, 2.05) is 0 Å². The molecule has 3 nitrogen and oxygen atoms in total. The summed E-state index contributed by atoms with van der Waals surface area (Å²) in [6.07, 6.45) is 6.85. The van der Waals surface area contributed by atoms with Crippen molar-refractivity contribution in [2.45, 2.75) is 45.1 Å². The number of fused-ring (bicyclic) bond motifs is 3. The first-order valence-electron chi connectivity index (χ1n) is 8.30. The lowest BCUT2D eigenvalue weighted by Crippen LogP contribution is -2.40. The van der Waals surface area contributed by atoms with Crippen LogP contribution < -0.4 is 0 Å². The number of nitrogens with zero attached hydrogens (tertiary/aromatic N) is 1. The first-order valence-corrected chi connectivity index (χ1v) is 9.09. The molecule has 0 bridgehead atoms. The second kappa shape index (κ2) is 5.73. The van der Waals surface area contributed by atoms with Crippen LogP contribution >= 0.6 is 15.9 Å². The summed E-state index contributed by atoms with van der Waals surface area (Å²) in [5.74, 6) is 0.655. The van der Waals surface area contributed by atoms with E-state index in [0.717, 1.165) is 36.8 Å². The summed E-state index contributed by atoms with van der Waals surface area (Å²) >= 11 is 3.56. The van der Waals surface area contributed by atoms with Crippen molar-refractivity contribution in [3.8, 4) is 0 Å². The maximum absolute atomic E-state index is 12.8. The molecule has 1 saturated carbocycles. The zero-order valence-electron chi connectivity index (χ0n) is 12.7. The van der Waals surface area contributed by atoms with E-state index in [4.69, 9.17) is 0 Å². The van der Waals surface area contributed by atoms with Crippen LogP contribution in [0.5, 0.6) is 0 Å². The van der Waals surface area contributed by atoms with Gasteiger partial charge in [0.2, 0.25) is 5.91 Å². The highest BCUT2D eigenvalue weighted by Crippen LogP contribution is 2.32. The number of aromatic nitrogens is 1. The van der Waals surface area contributed by atoms with Gasteiger partial charge in [-0.25, -0.2) is 0 Å². The minimum absolute atomic E-state index is 0.271. The Morgan fingerprint density at radius 2 is 2.05 bits per heavy atom. The van der Waals surface area contributed by atoms with E-state index < -0.39 is 0 Å². The fraction of sp³-hybridized carbons (Fsp3) is 0.500. The van der Waals surface area contributed by atoms with Gasteiger partial charge in [0.1, 0.15) is 0 Å². The van der Waals surface area contributed by atoms with E-state index in [1.165, 1.54) is 41.4 Å². The van der Waals surface area contributed by atoms with Crippen molar-refractivity contribution in [3.63, 3.8) is 0 Å². The van der Waals surface area contributed by atoms with Crippen LogP contribution in [0.15, 0.2) is 22.7 Å². The van der Waals surface area contributed by atoms with Gasteiger partial charge in [0, 0.05) is 52.1 Å². The number of carbonyl (C=O) groups excluding carboxylic acids is 1. The average Bonchev–Trinajstić information content (AvgIpc) is 2.92. The average molecular weight is 361 g/mol. The molecule has 22 heavy (non-hydrogen) atoms. The molecule has 0 unspecified atom stereocenters. The lowest BCUT2D eigenvalue weighted by Gasteiger charge is -2.32. The van der Waals surface area contributed by atoms with Gasteiger partial charge >= 0.3 is 0 Å². The van der Waals surface area contributed by atoms with Gasteiger partial charge in [-0.15, -0.1) is 0 Å². The molecule has 0 spiro atoms. The summed E-state index contributed by atoms with van der Waals surface area (Å²) in [5.41, 5.74) is 3.80. The summed E-state index contributed by atoms with van der Waals surface area (Å²) in [7, 11) is 0. The van der Waals surface area contributed by atoms with Crippen molar-refractivity contribution < 1.29 is 4.79 Å². The predicted molar refractivity (Wildman–Crippen MR) is 91.7 cm³/mol. The van der Waals surface area contributed by atoms with Gasteiger partial charge in [0.25, 0.3) is 0 Å². The van der Waals surface area contributed by atoms with Crippen molar-refractivity contribution >= 4 is 32.7 Å². The summed E-state index contributed by atoms with van der Waals surface area (Å²) in [4.78, 5) is 18.4. The Morgan fingerprint density at radius 1 is 1.23 bits per heavy atom. The van der Waals surface area contributed by atoms with Crippen molar-refractivity contribution in [2.24, 2.45) is 5.92 Å². The third-order valence-corrected chi connectivity index (χ3v) is 5.70. The van der Waals surface area contributed by atoms with E-state index in [2.05, 4.69) is 44.0 Å². The molecule has 2 aliphatic rings. The Balaban J connectivity index is 1.61. The van der Waals surface area contributed by atoms with Crippen LogP contribution in [0.3, 0.4) is 0 Å². The molecule has 2 heterocycles. The number of H-pyrrole nitrogens is 1. The minimum Gasteiger partial charge on any atom is -0.358 e. The van der Waals surface area contributed by atoms with Crippen LogP contribution in [-0.2, 0) is 17.8 Å². The van der Waals surface area contributed by atoms with Gasteiger partial charge in [0.15, 0.2) is 0 Å². The number of nitrogens with one attached hydrogen (secondary N) is 1. The molecule has 116 valence electrons. The van der Waals surface area contributed by atoms with E-state index >= 15 is 0 Å². The first kappa shape index (κ1) is 14.3. The molecular weight excluding hydrogens is 340 g/mol. The van der Waals surface area contributed by atoms with E-state index in [1.54, 1.807) is 0 Å². The van der Waals surface area contributed by atoms with Gasteiger partial charge in [-0.3, -0.25) is 4.79 Å². The largest absolute Gasteiger partial charge is 0.358 e. The number of rotatable bonds is 1. The molecule has 1 aromatic heterocycles. The van der Waals surface area contributed by atoms with Gasteiger partial charge < -0.3 is 9.88 Å². The number of hydrogen-bond donors (Lipinski definition) is 1. The first-order chi connectivity index (χ1) is 10.7. The van der Waals surface area contributed by atoms with Gasteiger partial charge in [-0.2, -0.15) is 0 Å². The molecule has 1 fully saturated rings. The molecule has 0 radical (unpaired) electrons. The molecule has 1 aliphatic carbocycles. The molecular formula is C18H21BrN2O. The number of aromatic amines is 1. The van der Waals surface area contributed by atoms with E-state index in [9.17, 15) is 4.79 Å². The van der Waals surface area contributed by atoms with E-state index in [-0.39, 0.29) is 5.92 Å². The molecule has 0 saturated heterocycles.